The molecule has 1 atom stereocenters. The van der Waals surface area contributed by atoms with Crippen molar-refractivity contribution < 1.29 is 4.79 Å². The molecule has 21 heavy (non-hydrogen) atoms. The van der Waals surface area contributed by atoms with Gasteiger partial charge in [-0.3, -0.25) is 4.90 Å². The number of nitrogens with zero attached hydrogens (tertiary/aromatic N) is 2. The van der Waals surface area contributed by atoms with E-state index in [2.05, 4.69) is 34.5 Å². The molecule has 1 heterocycles. The van der Waals surface area contributed by atoms with Gasteiger partial charge in [-0.25, -0.2) is 4.79 Å². The van der Waals surface area contributed by atoms with E-state index in [1.807, 2.05) is 24.3 Å². The highest BCUT2D eigenvalue weighted by Crippen LogP contribution is 2.10. The molecular formula is C15H25N5O. The molecule has 1 fully saturated rings. The van der Waals surface area contributed by atoms with Gasteiger partial charge in [0.1, 0.15) is 0 Å². The van der Waals surface area contributed by atoms with Crippen molar-refractivity contribution in [1.82, 2.24) is 15.1 Å². The zero-order valence-corrected chi connectivity index (χ0v) is 12.8. The van der Waals surface area contributed by atoms with E-state index in [4.69, 9.17) is 5.73 Å². The van der Waals surface area contributed by atoms with E-state index in [9.17, 15) is 4.79 Å². The summed E-state index contributed by atoms with van der Waals surface area (Å²) in [5, 5.41) is 5.78. The molecule has 1 aromatic rings. The first-order valence-electron chi connectivity index (χ1n) is 7.31. The summed E-state index contributed by atoms with van der Waals surface area (Å²) in [6.45, 7) is 4.19. The number of amides is 2. The van der Waals surface area contributed by atoms with E-state index in [1.54, 1.807) is 0 Å². The van der Waals surface area contributed by atoms with E-state index in [1.165, 1.54) is 0 Å². The van der Waals surface area contributed by atoms with Crippen LogP contribution in [0.25, 0.3) is 0 Å². The Bertz CT molecular complexity index is 479. The minimum Gasteiger partial charge on any atom is -0.336 e. The number of nitrogens with two attached hydrogens (primary N) is 1. The number of carbonyl (C=O) groups excluding carboxylic acids is 1. The Labute approximate surface area is 126 Å². The van der Waals surface area contributed by atoms with Crippen LogP contribution in [-0.2, 0) is 6.54 Å². The average molecular weight is 291 g/mol. The Balaban J connectivity index is 1.81. The fraction of sp³-hybridized carbons (Fsp3) is 0.533. The normalized spacial score (nSPS) is 20.2. The largest absolute Gasteiger partial charge is 0.336 e. The molecular weight excluding hydrogens is 266 g/mol. The number of urea groups is 1. The third-order valence-electron chi connectivity index (χ3n) is 3.90. The second kappa shape index (κ2) is 7.40. The zero-order valence-electron chi connectivity index (χ0n) is 12.8. The molecule has 6 nitrogen and oxygen atoms in total. The molecule has 1 aliphatic heterocycles. The molecule has 0 bridgehead atoms. The maximum Gasteiger partial charge on any atom is 0.319 e. The van der Waals surface area contributed by atoms with Gasteiger partial charge in [0.15, 0.2) is 0 Å². The van der Waals surface area contributed by atoms with Crippen molar-refractivity contribution in [3.05, 3.63) is 29.8 Å². The monoisotopic (exact) mass is 291 g/mol. The lowest BCUT2D eigenvalue weighted by atomic mass is 10.2. The van der Waals surface area contributed by atoms with Crippen LogP contribution >= 0.6 is 0 Å². The van der Waals surface area contributed by atoms with Gasteiger partial charge < -0.3 is 21.3 Å². The van der Waals surface area contributed by atoms with Crippen LogP contribution in [0.1, 0.15) is 5.56 Å². The Morgan fingerprint density at radius 2 is 2.19 bits per heavy atom. The summed E-state index contributed by atoms with van der Waals surface area (Å²) in [7, 11) is 4.21. The number of hydrogen-bond acceptors (Lipinski definition) is 4. The molecule has 0 saturated carbocycles. The molecule has 1 aromatic carbocycles. The van der Waals surface area contributed by atoms with Gasteiger partial charge in [-0.2, -0.15) is 0 Å². The molecule has 1 saturated heterocycles. The molecule has 2 rings (SSSR count). The van der Waals surface area contributed by atoms with Crippen LogP contribution in [0.4, 0.5) is 10.5 Å². The smallest absolute Gasteiger partial charge is 0.319 e. The van der Waals surface area contributed by atoms with Crippen LogP contribution in [-0.4, -0.2) is 62.1 Å². The summed E-state index contributed by atoms with van der Waals surface area (Å²) < 4.78 is 0. The summed E-state index contributed by atoms with van der Waals surface area (Å²) >= 11 is 0. The van der Waals surface area contributed by atoms with Crippen molar-refractivity contribution in [3.63, 3.8) is 0 Å². The van der Waals surface area contributed by atoms with Gasteiger partial charge in [0.25, 0.3) is 0 Å². The minimum atomic E-state index is -0.175. The fourth-order valence-electron chi connectivity index (χ4n) is 2.48. The van der Waals surface area contributed by atoms with E-state index in [0.29, 0.717) is 19.1 Å². The van der Waals surface area contributed by atoms with Crippen LogP contribution < -0.4 is 16.4 Å². The number of hydrogen-bond donors (Lipinski definition) is 3. The molecule has 0 radical (unpaired) electrons. The number of benzene rings is 1. The summed E-state index contributed by atoms with van der Waals surface area (Å²) in [6.07, 6.45) is 0. The number of rotatable bonds is 4. The number of anilines is 1. The molecule has 6 heteroatoms. The predicted molar refractivity (Wildman–Crippen MR) is 85.3 cm³/mol. The van der Waals surface area contributed by atoms with Gasteiger partial charge in [0, 0.05) is 44.5 Å². The van der Waals surface area contributed by atoms with Crippen molar-refractivity contribution >= 4 is 11.7 Å². The maximum absolute atomic E-state index is 12.0. The van der Waals surface area contributed by atoms with Gasteiger partial charge in [-0.1, -0.05) is 12.1 Å². The minimum absolute atomic E-state index is 0.175. The summed E-state index contributed by atoms with van der Waals surface area (Å²) in [4.78, 5) is 16.5. The standard InChI is InChI=1S/C15H25N5O/c1-19-6-7-20(2)14(11-19)10-17-15(21)18-13-5-3-4-12(8-13)9-16/h3-5,8,14H,6-7,9-11,16H2,1-2H3,(H2,17,18,21). The molecule has 116 valence electrons. The highest BCUT2D eigenvalue weighted by Gasteiger charge is 2.22. The van der Waals surface area contributed by atoms with Gasteiger partial charge >= 0.3 is 6.03 Å². The van der Waals surface area contributed by atoms with Crippen LogP contribution in [0.15, 0.2) is 24.3 Å². The van der Waals surface area contributed by atoms with Crippen LogP contribution in [0.2, 0.25) is 0 Å². The van der Waals surface area contributed by atoms with Crippen LogP contribution in [0, 0.1) is 0 Å². The van der Waals surface area contributed by atoms with Gasteiger partial charge in [0.05, 0.1) is 0 Å². The lowest BCUT2D eigenvalue weighted by Crippen LogP contribution is -2.54. The number of carbonyl (C=O) groups is 1. The first kappa shape index (κ1) is 15.8. The highest BCUT2D eigenvalue weighted by atomic mass is 16.2. The predicted octanol–water partition coefficient (Wildman–Crippen LogP) is 0.513. The van der Waals surface area contributed by atoms with Crippen molar-refractivity contribution in [2.45, 2.75) is 12.6 Å². The Kier molecular flexibility index (Phi) is 5.55. The molecule has 4 N–H and O–H groups in total. The Morgan fingerprint density at radius 1 is 1.38 bits per heavy atom. The van der Waals surface area contributed by atoms with E-state index in [0.717, 1.165) is 30.9 Å². The second-order valence-electron chi connectivity index (χ2n) is 5.64. The van der Waals surface area contributed by atoms with E-state index in [-0.39, 0.29) is 6.03 Å². The topological polar surface area (TPSA) is 73.6 Å². The molecule has 0 aromatic heterocycles. The molecule has 1 aliphatic rings. The summed E-state index contributed by atoms with van der Waals surface area (Å²) in [6, 6.07) is 7.76. The van der Waals surface area contributed by atoms with E-state index < -0.39 is 0 Å². The average Bonchev–Trinajstić information content (AvgIpc) is 2.48. The quantitative estimate of drug-likeness (QED) is 0.756. The summed E-state index contributed by atoms with van der Waals surface area (Å²) in [5.41, 5.74) is 7.36. The first-order valence-corrected chi connectivity index (χ1v) is 7.31. The molecule has 0 aliphatic carbocycles. The zero-order chi connectivity index (χ0) is 15.2. The number of nitrogens with one attached hydrogen (secondary N) is 2. The van der Waals surface area contributed by atoms with Crippen molar-refractivity contribution in [2.75, 3.05) is 45.6 Å². The van der Waals surface area contributed by atoms with Crippen molar-refractivity contribution in [2.24, 2.45) is 5.73 Å². The van der Waals surface area contributed by atoms with Crippen molar-refractivity contribution in [3.8, 4) is 0 Å². The van der Waals surface area contributed by atoms with Crippen LogP contribution in [0.5, 0.6) is 0 Å². The SMILES string of the molecule is CN1CCN(C)C(CNC(=O)Nc2cccc(CN)c2)C1. The molecule has 0 spiro atoms. The summed E-state index contributed by atoms with van der Waals surface area (Å²) in [5.74, 6) is 0. The third kappa shape index (κ3) is 4.70. The lowest BCUT2D eigenvalue weighted by molar-refractivity contribution is 0.115. The Morgan fingerprint density at radius 3 is 2.95 bits per heavy atom. The van der Waals surface area contributed by atoms with Gasteiger partial charge in [0.2, 0.25) is 0 Å². The Hall–Kier alpha value is -1.63. The first-order chi connectivity index (χ1) is 10.1. The molecule has 1 unspecified atom stereocenters. The number of likely N-dealkylation sites (N-methyl/N-ethyl adjacent to an activating group) is 2. The van der Waals surface area contributed by atoms with Gasteiger partial charge in [-0.15, -0.1) is 0 Å². The maximum atomic E-state index is 12.0. The number of piperazine rings is 1. The van der Waals surface area contributed by atoms with Gasteiger partial charge in [-0.05, 0) is 31.8 Å². The fourth-order valence-corrected chi connectivity index (χ4v) is 2.48. The highest BCUT2D eigenvalue weighted by molar-refractivity contribution is 5.89. The van der Waals surface area contributed by atoms with Crippen molar-refractivity contribution in [1.29, 1.82) is 0 Å². The second-order valence-corrected chi connectivity index (χ2v) is 5.64. The van der Waals surface area contributed by atoms with E-state index >= 15 is 0 Å². The van der Waals surface area contributed by atoms with Crippen LogP contribution in [0.3, 0.4) is 0 Å². The third-order valence-corrected chi connectivity index (χ3v) is 3.90. The lowest BCUT2D eigenvalue weighted by Gasteiger charge is -2.37. The molecule has 2 amide bonds.